The van der Waals surface area contributed by atoms with E-state index in [1.165, 1.54) is 48.4 Å². The number of carbonyl (C=O) groups excluding carboxylic acids is 2. The lowest BCUT2D eigenvalue weighted by molar-refractivity contribution is -0.140. The highest BCUT2D eigenvalue weighted by Gasteiger charge is 2.51. The van der Waals surface area contributed by atoms with Crippen molar-refractivity contribution in [3.8, 4) is 0 Å². The highest BCUT2D eigenvalue weighted by molar-refractivity contribution is 7.92. The van der Waals surface area contributed by atoms with E-state index in [9.17, 15) is 18.0 Å². The van der Waals surface area contributed by atoms with Gasteiger partial charge in [0, 0.05) is 19.5 Å². The number of benzene rings is 3. The number of nitrogens with one attached hydrogen (secondary N) is 1. The first-order valence-corrected chi connectivity index (χ1v) is 19.6. The Morgan fingerprint density at radius 2 is 1.46 bits per heavy atom. The topological polar surface area (TPSA) is 86.8 Å². The number of sulfonamides is 1. The highest BCUT2D eigenvalue weighted by Crippen LogP contribution is 2.60. The second-order valence-corrected chi connectivity index (χ2v) is 16.8. The molecule has 0 spiro atoms. The van der Waals surface area contributed by atoms with E-state index in [0.717, 1.165) is 53.5 Å². The van der Waals surface area contributed by atoms with Gasteiger partial charge in [-0.15, -0.1) is 0 Å². The van der Waals surface area contributed by atoms with Crippen LogP contribution in [-0.2, 0) is 38.0 Å². The average Bonchev–Trinajstić information content (AvgIpc) is 3.05. The minimum atomic E-state index is -3.82. The third-order valence-electron chi connectivity index (χ3n) is 11.1. The minimum absolute atomic E-state index is 0.181. The summed E-state index contributed by atoms with van der Waals surface area (Å²) in [7, 11) is -3.82. The molecule has 3 aromatic rings. The largest absolute Gasteiger partial charge is 0.354 e. The molecule has 0 radical (unpaired) electrons. The van der Waals surface area contributed by atoms with E-state index in [-0.39, 0.29) is 17.9 Å². The lowest BCUT2D eigenvalue weighted by atomic mass is 9.48. The van der Waals surface area contributed by atoms with Crippen molar-refractivity contribution in [1.29, 1.82) is 0 Å². The Bertz CT molecular complexity index is 1640. The number of aryl methyl sites for hydroxylation is 1. The summed E-state index contributed by atoms with van der Waals surface area (Å²) < 4.78 is 27.9. The first kappa shape index (κ1) is 34.2. The molecule has 7 nitrogen and oxygen atoms in total. The van der Waals surface area contributed by atoms with Crippen LogP contribution in [0.1, 0.15) is 80.5 Å². The number of anilines is 1. The molecule has 4 aliphatic carbocycles. The van der Waals surface area contributed by atoms with E-state index in [4.69, 9.17) is 0 Å². The molecular weight excluding hydrogens is 619 g/mol. The summed E-state index contributed by atoms with van der Waals surface area (Å²) in [5, 5.41) is 3.05. The molecule has 4 bridgehead atoms. The molecule has 4 fully saturated rings. The zero-order chi connectivity index (χ0) is 33.9. The molecule has 0 saturated heterocycles. The predicted octanol–water partition coefficient (Wildman–Crippen LogP) is 6.79. The standard InChI is InChI=1S/C40H51N3O4S/c1-4-5-19-41-39(45)37(23-30-9-7-6-8-10-30)42(27-31-13-11-29(2)12-14-31)38(44)28-43(48(3,46)47)36-17-15-35(16-18-36)40-24-32-20-33(25-40)22-34(21-32)26-40/h6-18,32-34,37H,4-5,19-28H2,1-3H3,(H,41,45). The molecule has 1 unspecified atom stereocenters. The quantitative estimate of drug-likeness (QED) is 0.192. The van der Waals surface area contributed by atoms with Crippen LogP contribution in [-0.4, -0.2) is 50.5 Å². The van der Waals surface area contributed by atoms with E-state index >= 15 is 0 Å². The van der Waals surface area contributed by atoms with Crippen molar-refractivity contribution in [1.82, 2.24) is 10.2 Å². The Hall–Kier alpha value is -3.65. The van der Waals surface area contributed by atoms with Gasteiger partial charge < -0.3 is 10.2 Å². The number of hydrogen-bond acceptors (Lipinski definition) is 4. The lowest BCUT2D eigenvalue weighted by Crippen LogP contribution is -2.53. The van der Waals surface area contributed by atoms with Crippen molar-refractivity contribution in [2.24, 2.45) is 17.8 Å². The zero-order valence-corrected chi connectivity index (χ0v) is 29.6. The van der Waals surface area contributed by atoms with Crippen molar-refractivity contribution >= 4 is 27.5 Å². The molecule has 4 aliphatic rings. The van der Waals surface area contributed by atoms with Crippen molar-refractivity contribution in [2.75, 3.05) is 23.7 Å². The van der Waals surface area contributed by atoms with Crippen LogP contribution >= 0.6 is 0 Å². The van der Waals surface area contributed by atoms with Gasteiger partial charge in [-0.05, 0) is 104 Å². The van der Waals surface area contributed by atoms with Crippen LogP contribution in [0.5, 0.6) is 0 Å². The van der Waals surface area contributed by atoms with Crippen LogP contribution in [0, 0.1) is 24.7 Å². The molecule has 7 rings (SSSR count). The fourth-order valence-electron chi connectivity index (χ4n) is 9.01. The highest BCUT2D eigenvalue weighted by atomic mass is 32.2. The second-order valence-electron chi connectivity index (χ2n) is 14.9. The Kier molecular flexibility index (Phi) is 10.3. The van der Waals surface area contributed by atoms with Gasteiger partial charge in [0.1, 0.15) is 12.6 Å². The number of carbonyl (C=O) groups is 2. The smallest absolute Gasteiger partial charge is 0.244 e. The van der Waals surface area contributed by atoms with Gasteiger partial charge >= 0.3 is 0 Å². The molecule has 256 valence electrons. The van der Waals surface area contributed by atoms with Gasteiger partial charge in [0.2, 0.25) is 21.8 Å². The molecule has 8 heteroatoms. The average molecular weight is 670 g/mol. The fourth-order valence-corrected chi connectivity index (χ4v) is 9.86. The van der Waals surface area contributed by atoms with Crippen LogP contribution in [0.25, 0.3) is 0 Å². The van der Waals surface area contributed by atoms with Crippen molar-refractivity contribution < 1.29 is 18.0 Å². The Morgan fingerprint density at radius 3 is 2.02 bits per heavy atom. The van der Waals surface area contributed by atoms with Gasteiger partial charge in [-0.1, -0.05) is 85.6 Å². The zero-order valence-electron chi connectivity index (χ0n) is 28.7. The SMILES string of the molecule is CCCCNC(=O)C(Cc1ccccc1)N(Cc1ccc(C)cc1)C(=O)CN(c1ccc(C23CC4CC(CC(C4)C2)C3)cc1)S(C)(=O)=O. The number of rotatable bonds is 14. The van der Waals surface area contributed by atoms with Gasteiger partial charge in [0.25, 0.3) is 0 Å². The molecule has 4 saturated carbocycles. The maximum atomic E-state index is 14.4. The predicted molar refractivity (Wildman–Crippen MR) is 192 cm³/mol. The number of amides is 2. The summed E-state index contributed by atoms with van der Waals surface area (Å²) in [4.78, 5) is 29.8. The molecule has 0 aliphatic heterocycles. The third kappa shape index (κ3) is 7.80. The summed E-state index contributed by atoms with van der Waals surface area (Å²) in [6, 6.07) is 24.7. The second kappa shape index (κ2) is 14.5. The molecule has 3 aromatic carbocycles. The maximum Gasteiger partial charge on any atom is 0.244 e. The first-order valence-electron chi connectivity index (χ1n) is 17.8. The van der Waals surface area contributed by atoms with Crippen LogP contribution < -0.4 is 9.62 Å². The lowest BCUT2D eigenvalue weighted by Gasteiger charge is -2.57. The third-order valence-corrected chi connectivity index (χ3v) is 12.2. The number of nitrogens with zero attached hydrogens (tertiary/aromatic N) is 2. The van der Waals surface area contributed by atoms with Gasteiger partial charge in [-0.25, -0.2) is 8.42 Å². The van der Waals surface area contributed by atoms with Crippen molar-refractivity contribution in [3.63, 3.8) is 0 Å². The summed E-state index contributed by atoms with van der Waals surface area (Å²) in [5.41, 5.74) is 4.86. The fraction of sp³-hybridized carbons (Fsp3) is 0.500. The van der Waals surface area contributed by atoms with E-state index in [1.807, 2.05) is 73.7 Å². The first-order chi connectivity index (χ1) is 23.0. The van der Waals surface area contributed by atoms with Crippen LogP contribution in [0.15, 0.2) is 78.9 Å². The summed E-state index contributed by atoms with van der Waals surface area (Å²) in [6.45, 7) is 4.37. The Balaban J connectivity index is 1.29. The summed E-state index contributed by atoms with van der Waals surface area (Å²) in [5.74, 6) is 1.77. The van der Waals surface area contributed by atoms with Crippen LogP contribution in [0.4, 0.5) is 5.69 Å². The van der Waals surface area contributed by atoms with E-state index in [0.29, 0.717) is 18.7 Å². The summed E-state index contributed by atoms with van der Waals surface area (Å²) in [6.07, 6.45) is 11.0. The molecule has 2 amide bonds. The minimum Gasteiger partial charge on any atom is -0.354 e. The van der Waals surface area contributed by atoms with E-state index in [1.54, 1.807) is 4.90 Å². The molecule has 0 aromatic heterocycles. The Labute approximate surface area is 287 Å². The van der Waals surface area contributed by atoms with Gasteiger partial charge in [0.05, 0.1) is 11.9 Å². The van der Waals surface area contributed by atoms with Crippen LogP contribution in [0.3, 0.4) is 0 Å². The summed E-state index contributed by atoms with van der Waals surface area (Å²) >= 11 is 0. The normalized spacial score (nSPS) is 23.4. The van der Waals surface area contributed by atoms with Crippen molar-refractivity contribution in [3.05, 3.63) is 101 Å². The molecule has 0 heterocycles. The van der Waals surface area contributed by atoms with Crippen molar-refractivity contribution in [2.45, 2.75) is 89.6 Å². The monoisotopic (exact) mass is 669 g/mol. The number of hydrogen-bond donors (Lipinski definition) is 1. The van der Waals surface area contributed by atoms with Gasteiger partial charge in [0.15, 0.2) is 0 Å². The van der Waals surface area contributed by atoms with Gasteiger partial charge in [-0.2, -0.15) is 0 Å². The molecule has 48 heavy (non-hydrogen) atoms. The van der Waals surface area contributed by atoms with E-state index in [2.05, 4.69) is 24.4 Å². The molecule has 1 N–H and O–H groups in total. The van der Waals surface area contributed by atoms with E-state index < -0.39 is 28.5 Å². The molecule has 1 atom stereocenters. The van der Waals surface area contributed by atoms with Gasteiger partial charge in [-0.3, -0.25) is 13.9 Å². The maximum absolute atomic E-state index is 14.4. The number of unbranched alkanes of at least 4 members (excludes halogenated alkanes) is 1. The van der Waals surface area contributed by atoms with Crippen LogP contribution in [0.2, 0.25) is 0 Å². The Morgan fingerprint density at radius 1 is 0.854 bits per heavy atom. The molecular formula is C40H51N3O4S.